The predicted molar refractivity (Wildman–Crippen MR) is 99.6 cm³/mol. The molecule has 25 heavy (non-hydrogen) atoms. The van der Waals surface area contributed by atoms with Crippen LogP contribution in [0.1, 0.15) is 50.8 Å². The van der Waals surface area contributed by atoms with Gasteiger partial charge in [0.25, 0.3) is 0 Å². The lowest BCUT2D eigenvalue weighted by molar-refractivity contribution is 0.244. The van der Waals surface area contributed by atoms with Crippen LogP contribution in [0.5, 0.6) is 0 Å². The Hall–Kier alpha value is -2.30. The Morgan fingerprint density at radius 1 is 1.08 bits per heavy atom. The number of imidazole rings is 1. The highest BCUT2D eigenvalue weighted by Gasteiger charge is 2.18. The summed E-state index contributed by atoms with van der Waals surface area (Å²) in [6.45, 7) is 1.04. The molecule has 1 fully saturated rings. The first-order valence-electron chi connectivity index (χ1n) is 9.52. The number of fused-ring (bicyclic) bond motifs is 1. The number of urea groups is 1. The highest BCUT2D eigenvalue weighted by atomic mass is 16.2. The molecule has 4 rings (SSSR count). The van der Waals surface area contributed by atoms with Gasteiger partial charge in [0, 0.05) is 30.8 Å². The number of rotatable bonds is 3. The van der Waals surface area contributed by atoms with Crippen molar-refractivity contribution in [3.63, 3.8) is 0 Å². The van der Waals surface area contributed by atoms with E-state index in [0.717, 1.165) is 48.6 Å². The molecule has 0 radical (unpaired) electrons. The quantitative estimate of drug-likeness (QED) is 0.874. The van der Waals surface area contributed by atoms with Crippen molar-refractivity contribution >= 4 is 11.7 Å². The van der Waals surface area contributed by atoms with Crippen molar-refractivity contribution in [1.29, 1.82) is 0 Å². The Morgan fingerprint density at radius 2 is 1.92 bits per heavy atom. The monoisotopic (exact) mass is 338 g/mol. The average Bonchev–Trinajstić information content (AvgIpc) is 3.07. The van der Waals surface area contributed by atoms with Gasteiger partial charge in [0.1, 0.15) is 5.82 Å². The van der Waals surface area contributed by atoms with E-state index in [2.05, 4.69) is 21.4 Å². The number of hydrogen-bond acceptors (Lipinski definition) is 2. The summed E-state index contributed by atoms with van der Waals surface area (Å²) in [5.74, 6) is 1.16. The fourth-order valence-electron chi connectivity index (χ4n) is 3.95. The number of anilines is 1. The van der Waals surface area contributed by atoms with Gasteiger partial charge in [0.2, 0.25) is 0 Å². The molecular weight excluding hydrogens is 312 g/mol. The topological polar surface area (TPSA) is 59.0 Å². The smallest absolute Gasteiger partial charge is 0.319 e. The fourth-order valence-corrected chi connectivity index (χ4v) is 3.95. The van der Waals surface area contributed by atoms with E-state index in [1.165, 1.54) is 32.1 Å². The second kappa shape index (κ2) is 7.30. The molecule has 0 unspecified atom stereocenters. The van der Waals surface area contributed by atoms with Crippen molar-refractivity contribution in [1.82, 2.24) is 14.9 Å². The maximum atomic E-state index is 12.4. The summed E-state index contributed by atoms with van der Waals surface area (Å²) in [6.07, 6.45) is 11.5. The van der Waals surface area contributed by atoms with Gasteiger partial charge in [0.05, 0.1) is 11.4 Å². The number of para-hydroxylation sites is 1. The van der Waals surface area contributed by atoms with E-state index in [4.69, 9.17) is 4.98 Å². The average molecular weight is 338 g/mol. The number of carbonyl (C=O) groups excluding carboxylic acids is 1. The van der Waals surface area contributed by atoms with Crippen molar-refractivity contribution in [3.05, 3.63) is 36.3 Å². The zero-order valence-electron chi connectivity index (χ0n) is 14.6. The Kier molecular flexibility index (Phi) is 4.72. The number of aryl methyl sites for hydroxylation is 2. The van der Waals surface area contributed by atoms with Crippen molar-refractivity contribution in [2.75, 3.05) is 5.32 Å². The molecule has 2 aliphatic rings. The van der Waals surface area contributed by atoms with Crippen LogP contribution in [0.2, 0.25) is 0 Å². The second-order valence-electron chi connectivity index (χ2n) is 7.17. The third kappa shape index (κ3) is 3.70. The molecule has 0 atom stereocenters. The minimum Gasteiger partial charge on any atom is -0.335 e. The van der Waals surface area contributed by atoms with Gasteiger partial charge >= 0.3 is 6.03 Å². The zero-order valence-corrected chi connectivity index (χ0v) is 14.6. The SMILES string of the molecule is O=C(Nc1ccccc1-c1cn2c(n1)CCCC2)NC1CCCCC1. The molecule has 1 aliphatic heterocycles. The fraction of sp³-hybridized carbons (Fsp3) is 0.500. The summed E-state index contributed by atoms with van der Waals surface area (Å²) < 4.78 is 2.25. The Morgan fingerprint density at radius 3 is 2.76 bits per heavy atom. The number of hydrogen-bond donors (Lipinski definition) is 2. The van der Waals surface area contributed by atoms with Crippen molar-refractivity contribution in [2.45, 2.75) is 64.0 Å². The van der Waals surface area contributed by atoms with E-state index in [0.29, 0.717) is 6.04 Å². The lowest BCUT2D eigenvalue weighted by Crippen LogP contribution is -2.39. The molecule has 2 aromatic rings. The van der Waals surface area contributed by atoms with E-state index in [1.807, 2.05) is 24.3 Å². The van der Waals surface area contributed by atoms with Gasteiger partial charge in [-0.25, -0.2) is 9.78 Å². The number of aromatic nitrogens is 2. The van der Waals surface area contributed by atoms with Gasteiger partial charge < -0.3 is 15.2 Å². The van der Waals surface area contributed by atoms with Crippen LogP contribution in [-0.2, 0) is 13.0 Å². The summed E-state index contributed by atoms with van der Waals surface area (Å²) in [4.78, 5) is 17.2. The zero-order chi connectivity index (χ0) is 17.1. The third-order valence-corrected chi connectivity index (χ3v) is 5.30. The van der Waals surface area contributed by atoms with Gasteiger partial charge in [-0.15, -0.1) is 0 Å². The lowest BCUT2D eigenvalue weighted by Gasteiger charge is -2.23. The van der Waals surface area contributed by atoms with Gasteiger partial charge in [-0.1, -0.05) is 37.5 Å². The summed E-state index contributed by atoms with van der Waals surface area (Å²) >= 11 is 0. The maximum absolute atomic E-state index is 12.4. The van der Waals surface area contributed by atoms with Crippen LogP contribution >= 0.6 is 0 Å². The Bertz CT molecular complexity index is 722. The summed E-state index contributed by atoms with van der Waals surface area (Å²) in [5, 5.41) is 6.16. The molecule has 0 bridgehead atoms. The Labute approximate surface area is 148 Å². The molecule has 2 amide bonds. The van der Waals surface area contributed by atoms with Gasteiger partial charge in [-0.2, -0.15) is 0 Å². The third-order valence-electron chi connectivity index (χ3n) is 5.30. The first kappa shape index (κ1) is 16.2. The van der Waals surface area contributed by atoms with Gasteiger partial charge in [-0.05, 0) is 31.7 Å². The van der Waals surface area contributed by atoms with E-state index in [1.54, 1.807) is 0 Å². The van der Waals surface area contributed by atoms with Crippen molar-refractivity contribution < 1.29 is 4.79 Å². The molecular formula is C20H26N4O. The van der Waals surface area contributed by atoms with Crippen LogP contribution in [0.4, 0.5) is 10.5 Å². The molecule has 0 spiro atoms. The highest BCUT2D eigenvalue weighted by molar-refractivity contribution is 5.94. The number of nitrogens with one attached hydrogen (secondary N) is 2. The first-order valence-corrected chi connectivity index (χ1v) is 9.52. The van der Waals surface area contributed by atoms with Crippen LogP contribution in [0, 0.1) is 0 Å². The normalized spacial score (nSPS) is 17.8. The summed E-state index contributed by atoms with van der Waals surface area (Å²) in [6, 6.07) is 8.14. The molecule has 132 valence electrons. The number of amides is 2. The molecule has 2 heterocycles. The standard InChI is InChI=1S/C20H26N4O/c25-20(21-15-8-2-1-3-9-15)23-17-11-5-4-10-16(17)18-14-24-13-7-6-12-19(24)22-18/h4-5,10-11,14-15H,1-3,6-9,12-13H2,(H2,21,23,25). The van der Waals surface area contributed by atoms with E-state index in [9.17, 15) is 4.79 Å². The molecule has 0 saturated heterocycles. The molecule has 5 nitrogen and oxygen atoms in total. The number of benzene rings is 1. The second-order valence-corrected chi connectivity index (χ2v) is 7.17. The number of nitrogens with zero attached hydrogens (tertiary/aromatic N) is 2. The lowest BCUT2D eigenvalue weighted by atomic mass is 9.96. The minimum atomic E-state index is -0.108. The van der Waals surface area contributed by atoms with Gasteiger partial charge in [0.15, 0.2) is 0 Å². The Balaban J connectivity index is 1.50. The maximum Gasteiger partial charge on any atom is 0.319 e. The molecule has 1 aliphatic carbocycles. The van der Waals surface area contributed by atoms with E-state index < -0.39 is 0 Å². The molecule has 1 aromatic heterocycles. The van der Waals surface area contributed by atoms with Crippen LogP contribution in [0.15, 0.2) is 30.5 Å². The van der Waals surface area contributed by atoms with Crippen LogP contribution < -0.4 is 10.6 Å². The minimum absolute atomic E-state index is 0.108. The van der Waals surface area contributed by atoms with Crippen LogP contribution in [0.25, 0.3) is 11.3 Å². The molecule has 5 heteroatoms. The summed E-state index contributed by atoms with van der Waals surface area (Å²) in [5.41, 5.74) is 2.76. The van der Waals surface area contributed by atoms with Crippen molar-refractivity contribution in [2.24, 2.45) is 0 Å². The van der Waals surface area contributed by atoms with E-state index in [-0.39, 0.29) is 6.03 Å². The molecule has 1 saturated carbocycles. The summed E-state index contributed by atoms with van der Waals surface area (Å²) in [7, 11) is 0. The molecule has 2 N–H and O–H groups in total. The van der Waals surface area contributed by atoms with Crippen molar-refractivity contribution in [3.8, 4) is 11.3 Å². The van der Waals surface area contributed by atoms with Crippen LogP contribution in [0.3, 0.4) is 0 Å². The van der Waals surface area contributed by atoms with Crippen LogP contribution in [-0.4, -0.2) is 21.6 Å². The van der Waals surface area contributed by atoms with Gasteiger partial charge in [-0.3, -0.25) is 0 Å². The number of carbonyl (C=O) groups is 1. The van der Waals surface area contributed by atoms with E-state index >= 15 is 0 Å². The first-order chi connectivity index (χ1) is 12.3. The largest absolute Gasteiger partial charge is 0.335 e. The molecule has 1 aromatic carbocycles. The predicted octanol–water partition coefficient (Wildman–Crippen LogP) is 4.34. The highest BCUT2D eigenvalue weighted by Crippen LogP contribution is 2.29.